The number of carbonyl (C=O) groups excluding carboxylic acids is 3. The fourth-order valence-corrected chi connectivity index (χ4v) is 2.95. The van der Waals surface area contributed by atoms with Crippen molar-refractivity contribution in [3.63, 3.8) is 0 Å². The second kappa shape index (κ2) is 8.09. The number of hydrogen-bond donors (Lipinski definition) is 1. The van der Waals surface area contributed by atoms with Gasteiger partial charge in [0.1, 0.15) is 6.54 Å². The van der Waals surface area contributed by atoms with Gasteiger partial charge < -0.3 is 10.1 Å². The van der Waals surface area contributed by atoms with E-state index in [2.05, 4.69) is 10.4 Å². The standard InChI is InChI=1S/C18H20N4O5/c1-27-9-8-22-18(26)13-5-3-2-4-12(13)14(20-22)10-19-15(23)11-21-16(24)6-7-17(21)25/h2-5H,6-11H2,1H3,(H,19,23). The molecule has 3 rings (SSSR count). The summed E-state index contributed by atoms with van der Waals surface area (Å²) in [5.41, 5.74) is 0.291. The molecule has 1 saturated heterocycles. The topological polar surface area (TPSA) is 111 Å². The third-order valence-electron chi connectivity index (χ3n) is 4.36. The van der Waals surface area contributed by atoms with Gasteiger partial charge in [0, 0.05) is 25.3 Å². The number of nitrogens with zero attached hydrogens (tertiary/aromatic N) is 3. The molecule has 1 aromatic carbocycles. The average Bonchev–Trinajstić information content (AvgIpc) is 2.98. The molecule has 0 radical (unpaired) electrons. The van der Waals surface area contributed by atoms with Crippen LogP contribution >= 0.6 is 0 Å². The minimum atomic E-state index is -0.459. The molecule has 1 aliphatic heterocycles. The number of rotatable bonds is 7. The monoisotopic (exact) mass is 372 g/mol. The van der Waals surface area contributed by atoms with Gasteiger partial charge in [0.25, 0.3) is 5.56 Å². The van der Waals surface area contributed by atoms with Crippen molar-refractivity contribution in [3.8, 4) is 0 Å². The molecule has 2 heterocycles. The zero-order valence-corrected chi connectivity index (χ0v) is 14.9. The van der Waals surface area contributed by atoms with Crippen LogP contribution in [0.25, 0.3) is 10.8 Å². The van der Waals surface area contributed by atoms with Gasteiger partial charge in [-0.1, -0.05) is 18.2 Å². The van der Waals surface area contributed by atoms with E-state index >= 15 is 0 Å². The smallest absolute Gasteiger partial charge is 0.274 e. The predicted octanol–water partition coefficient (Wildman–Crippen LogP) is -0.192. The van der Waals surface area contributed by atoms with E-state index in [1.807, 2.05) is 0 Å². The normalized spacial score (nSPS) is 14.2. The molecule has 3 amide bonds. The van der Waals surface area contributed by atoms with Gasteiger partial charge in [0.2, 0.25) is 17.7 Å². The van der Waals surface area contributed by atoms with Gasteiger partial charge >= 0.3 is 0 Å². The summed E-state index contributed by atoms with van der Waals surface area (Å²) in [4.78, 5) is 48.8. The molecule has 0 atom stereocenters. The van der Waals surface area contributed by atoms with Crippen LogP contribution in [0, 0.1) is 0 Å². The van der Waals surface area contributed by atoms with Crippen molar-refractivity contribution in [2.45, 2.75) is 25.9 Å². The Hall–Kier alpha value is -3.07. The summed E-state index contributed by atoms with van der Waals surface area (Å²) in [6, 6.07) is 7.02. The number of likely N-dealkylation sites (tertiary alicyclic amines) is 1. The molecule has 1 fully saturated rings. The number of ether oxygens (including phenoxy) is 1. The molecule has 1 N–H and O–H groups in total. The highest BCUT2D eigenvalue weighted by Crippen LogP contribution is 2.14. The van der Waals surface area contributed by atoms with Gasteiger partial charge in [-0.25, -0.2) is 4.68 Å². The van der Waals surface area contributed by atoms with Crippen molar-refractivity contribution in [1.29, 1.82) is 0 Å². The summed E-state index contributed by atoms with van der Waals surface area (Å²) in [7, 11) is 1.54. The van der Waals surface area contributed by atoms with E-state index in [4.69, 9.17) is 4.74 Å². The number of fused-ring (bicyclic) bond motifs is 1. The van der Waals surface area contributed by atoms with Gasteiger partial charge in [-0.2, -0.15) is 5.10 Å². The second-order valence-electron chi connectivity index (χ2n) is 6.16. The van der Waals surface area contributed by atoms with Crippen LogP contribution in [0.3, 0.4) is 0 Å². The highest BCUT2D eigenvalue weighted by Gasteiger charge is 2.30. The Morgan fingerprint density at radius 3 is 2.48 bits per heavy atom. The van der Waals surface area contributed by atoms with E-state index in [1.54, 1.807) is 24.3 Å². The highest BCUT2D eigenvalue weighted by atomic mass is 16.5. The number of carbonyl (C=O) groups is 3. The van der Waals surface area contributed by atoms with Crippen molar-refractivity contribution >= 4 is 28.5 Å². The molecule has 142 valence electrons. The third-order valence-corrected chi connectivity index (χ3v) is 4.36. The molecular weight excluding hydrogens is 352 g/mol. The molecule has 0 bridgehead atoms. The van der Waals surface area contributed by atoms with E-state index in [1.165, 1.54) is 11.8 Å². The van der Waals surface area contributed by atoms with Gasteiger partial charge in [0.15, 0.2) is 0 Å². The van der Waals surface area contributed by atoms with Crippen molar-refractivity contribution in [2.24, 2.45) is 0 Å². The van der Waals surface area contributed by atoms with Gasteiger partial charge in [-0.05, 0) is 6.07 Å². The maximum atomic E-state index is 12.5. The first-order chi connectivity index (χ1) is 13.0. The van der Waals surface area contributed by atoms with Crippen molar-refractivity contribution in [2.75, 3.05) is 20.3 Å². The lowest BCUT2D eigenvalue weighted by atomic mass is 10.1. The fraction of sp³-hybridized carbons (Fsp3) is 0.389. The van der Waals surface area contributed by atoms with E-state index in [9.17, 15) is 19.2 Å². The first-order valence-electron chi connectivity index (χ1n) is 8.59. The van der Waals surface area contributed by atoms with Gasteiger partial charge in [-0.3, -0.25) is 24.1 Å². The van der Waals surface area contributed by atoms with E-state index in [0.717, 1.165) is 4.90 Å². The molecule has 0 unspecified atom stereocenters. The number of benzene rings is 1. The molecule has 0 spiro atoms. The van der Waals surface area contributed by atoms with Crippen LogP contribution in [0.15, 0.2) is 29.1 Å². The zero-order valence-electron chi connectivity index (χ0n) is 14.9. The zero-order chi connectivity index (χ0) is 19.4. The van der Waals surface area contributed by atoms with Crippen LogP contribution < -0.4 is 10.9 Å². The maximum absolute atomic E-state index is 12.5. The van der Waals surface area contributed by atoms with Crippen LogP contribution in [0.4, 0.5) is 0 Å². The molecule has 1 aliphatic rings. The Kier molecular flexibility index (Phi) is 5.60. The van der Waals surface area contributed by atoms with Crippen LogP contribution in [-0.4, -0.2) is 52.7 Å². The first-order valence-corrected chi connectivity index (χ1v) is 8.59. The van der Waals surface area contributed by atoms with Crippen LogP contribution in [0.2, 0.25) is 0 Å². The van der Waals surface area contributed by atoms with Crippen LogP contribution in [-0.2, 0) is 32.2 Å². The Labute approximate surface area is 154 Å². The second-order valence-corrected chi connectivity index (χ2v) is 6.16. The fourth-order valence-electron chi connectivity index (χ4n) is 2.95. The lowest BCUT2D eigenvalue weighted by Crippen LogP contribution is -2.40. The summed E-state index contributed by atoms with van der Waals surface area (Å²) in [6.07, 6.45) is 0.283. The summed E-state index contributed by atoms with van der Waals surface area (Å²) in [6.45, 7) is 0.385. The molecule has 0 aliphatic carbocycles. The molecule has 9 heteroatoms. The Morgan fingerprint density at radius 2 is 1.81 bits per heavy atom. The van der Waals surface area contributed by atoms with Gasteiger partial charge in [0.05, 0.1) is 30.8 Å². The minimum absolute atomic E-state index is 0.0723. The summed E-state index contributed by atoms with van der Waals surface area (Å²) >= 11 is 0. The van der Waals surface area contributed by atoms with Crippen molar-refractivity contribution < 1.29 is 19.1 Å². The molecule has 0 saturated carbocycles. The number of nitrogens with one attached hydrogen (secondary N) is 1. The molecular formula is C18H20N4O5. The number of aromatic nitrogens is 2. The lowest BCUT2D eigenvalue weighted by molar-refractivity contribution is -0.142. The highest BCUT2D eigenvalue weighted by molar-refractivity contribution is 6.04. The van der Waals surface area contributed by atoms with E-state index in [-0.39, 0.29) is 49.8 Å². The van der Waals surface area contributed by atoms with Crippen LogP contribution in [0.1, 0.15) is 18.5 Å². The molecule has 1 aromatic heterocycles. The SMILES string of the molecule is COCCn1nc(CNC(=O)CN2C(=O)CCC2=O)c2ccccc2c1=O. The van der Waals surface area contributed by atoms with Gasteiger partial charge in [-0.15, -0.1) is 0 Å². The number of amides is 3. The Bertz CT molecular complexity index is 936. The maximum Gasteiger partial charge on any atom is 0.274 e. The van der Waals surface area contributed by atoms with E-state index in [0.29, 0.717) is 23.1 Å². The molecule has 27 heavy (non-hydrogen) atoms. The minimum Gasteiger partial charge on any atom is -0.383 e. The number of imide groups is 1. The summed E-state index contributed by atoms with van der Waals surface area (Å²) in [5.74, 6) is -1.14. The summed E-state index contributed by atoms with van der Waals surface area (Å²) in [5, 5.41) is 8.14. The predicted molar refractivity (Wildman–Crippen MR) is 95.7 cm³/mol. The number of hydrogen-bond acceptors (Lipinski definition) is 6. The van der Waals surface area contributed by atoms with Crippen molar-refractivity contribution in [1.82, 2.24) is 20.0 Å². The largest absolute Gasteiger partial charge is 0.383 e. The lowest BCUT2D eigenvalue weighted by Gasteiger charge is -2.14. The third kappa shape index (κ3) is 4.03. The Morgan fingerprint density at radius 1 is 1.15 bits per heavy atom. The molecule has 2 aromatic rings. The molecule has 9 nitrogen and oxygen atoms in total. The van der Waals surface area contributed by atoms with E-state index < -0.39 is 5.91 Å². The van der Waals surface area contributed by atoms with Crippen LogP contribution in [0.5, 0.6) is 0 Å². The first kappa shape index (κ1) is 18.7. The quantitative estimate of drug-likeness (QED) is 0.675. The number of methoxy groups -OCH3 is 1. The van der Waals surface area contributed by atoms with Crippen molar-refractivity contribution in [3.05, 3.63) is 40.3 Å². The average molecular weight is 372 g/mol. The Balaban J connectivity index is 1.78. The summed E-state index contributed by atoms with van der Waals surface area (Å²) < 4.78 is 6.31.